The highest BCUT2D eigenvalue weighted by molar-refractivity contribution is 7.86. The molecule has 0 radical (unpaired) electrons. The first-order valence-corrected chi connectivity index (χ1v) is 16.3. The zero-order valence-electron chi connectivity index (χ0n) is 22.8. The van der Waals surface area contributed by atoms with Crippen LogP contribution in [0.2, 0.25) is 0 Å². The van der Waals surface area contributed by atoms with Gasteiger partial charge in [-0.25, -0.2) is 0 Å². The highest BCUT2D eigenvalue weighted by atomic mass is 32.2. The van der Waals surface area contributed by atoms with E-state index in [0.717, 1.165) is 29.2 Å². The minimum absolute atomic E-state index is 0.259. The van der Waals surface area contributed by atoms with Crippen LogP contribution in [0.4, 0.5) is 0 Å². The molecular weight excluding hydrogens is 556 g/mol. The maximum absolute atomic E-state index is 12.4. The predicted octanol–water partition coefficient (Wildman–Crippen LogP) is 3.84. The van der Waals surface area contributed by atoms with Gasteiger partial charge in [-0.3, -0.25) is 8.37 Å². The first-order chi connectivity index (χ1) is 18.8. The lowest BCUT2D eigenvalue weighted by molar-refractivity contribution is -0.159. The van der Waals surface area contributed by atoms with Gasteiger partial charge in [0.25, 0.3) is 20.2 Å². The van der Waals surface area contributed by atoms with Crippen LogP contribution in [0, 0.1) is 0 Å². The standard InChI is InChI=1S/C29H34O9S2/c1-28(2)36-25(21-35-39(3,30)31)27(37-28)26(38-40(4,32)33)20-34-29(22-14-8-5-9-15-22,23-16-10-6-11-17-23)24-18-12-7-13-19-24/h5-19,25-27H,20-21H2,1-4H3/t25-,26+,27-/m0/s1. The smallest absolute Gasteiger partial charge is 0.264 e. The van der Waals surface area contributed by atoms with E-state index in [1.807, 2.05) is 91.0 Å². The van der Waals surface area contributed by atoms with E-state index in [1.54, 1.807) is 13.8 Å². The Kier molecular flexibility index (Phi) is 9.15. The Bertz CT molecular complexity index is 1360. The van der Waals surface area contributed by atoms with E-state index >= 15 is 0 Å². The molecule has 1 fully saturated rings. The summed E-state index contributed by atoms with van der Waals surface area (Å²) < 4.78 is 77.5. The summed E-state index contributed by atoms with van der Waals surface area (Å²) in [5.41, 5.74) is 1.28. The molecule has 0 saturated carbocycles. The average Bonchev–Trinajstić information content (AvgIpc) is 3.22. The van der Waals surface area contributed by atoms with Crippen molar-refractivity contribution in [1.29, 1.82) is 0 Å². The van der Waals surface area contributed by atoms with Crippen LogP contribution in [0.1, 0.15) is 30.5 Å². The Hall–Kier alpha value is -2.64. The minimum Gasteiger partial charge on any atom is -0.358 e. The zero-order chi connectivity index (χ0) is 29.0. The quantitative estimate of drug-likeness (QED) is 0.229. The molecule has 1 aliphatic heterocycles. The van der Waals surface area contributed by atoms with Gasteiger partial charge in [0.15, 0.2) is 5.79 Å². The molecule has 1 heterocycles. The van der Waals surface area contributed by atoms with Crippen molar-refractivity contribution in [1.82, 2.24) is 0 Å². The lowest BCUT2D eigenvalue weighted by Gasteiger charge is -2.37. The lowest BCUT2D eigenvalue weighted by Crippen LogP contribution is -2.46. The fourth-order valence-corrected chi connectivity index (χ4v) is 5.87. The number of rotatable bonds is 12. The van der Waals surface area contributed by atoms with Crippen LogP contribution in [0.25, 0.3) is 0 Å². The van der Waals surface area contributed by atoms with Crippen molar-refractivity contribution in [2.45, 2.75) is 43.5 Å². The summed E-state index contributed by atoms with van der Waals surface area (Å²) in [6.07, 6.45) is -1.35. The molecule has 0 bridgehead atoms. The normalized spacial score (nSPS) is 20.3. The monoisotopic (exact) mass is 590 g/mol. The Labute approximate surface area is 236 Å². The summed E-state index contributed by atoms with van der Waals surface area (Å²) in [5.74, 6) is -1.16. The largest absolute Gasteiger partial charge is 0.358 e. The van der Waals surface area contributed by atoms with Crippen LogP contribution in [-0.4, -0.2) is 66.7 Å². The SMILES string of the molecule is CC1(C)O[C@H]([C@@H](COC(c2ccccc2)(c2ccccc2)c2ccccc2)OS(C)(=O)=O)[C@H](COS(C)(=O)=O)O1. The summed E-state index contributed by atoms with van der Waals surface area (Å²) in [7, 11) is -7.80. The Balaban J connectivity index is 1.79. The van der Waals surface area contributed by atoms with Crippen molar-refractivity contribution in [3.05, 3.63) is 108 Å². The van der Waals surface area contributed by atoms with Gasteiger partial charge < -0.3 is 14.2 Å². The van der Waals surface area contributed by atoms with Crippen LogP contribution in [0.15, 0.2) is 91.0 Å². The molecule has 0 N–H and O–H groups in total. The fraction of sp³-hybridized carbons (Fsp3) is 0.379. The van der Waals surface area contributed by atoms with Crippen molar-refractivity contribution in [2.24, 2.45) is 0 Å². The third kappa shape index (κ3) is 7.55. The lowest BCUT2D eigenvalue weighted by atomic mass is 9.80. The first kappa shape index (κ1) is 30.3. The molecule has 0 aliphatic carbocycles. The minimum atomic E-state index is -4.00. The molecule has 3 aromatic carbocycles. The molecular formula is C29H34O9S2. The van der Waals surface area contributed by atoms with E-state index in [9.17, 15) is 16.8 Å². The molecule has 3 atom stereocenters. The van der Waals surface area contributed by atoms with Crippen molar-refractivity contribution >= 4 is 20.2 Å². The second kappa shape index (κ2) is 12.1. The maximum atomic E-state index is 12.4. The Morgan fingerprint density at radius 2 is 1.20 bits per heavy atom. The van der Waals surface area contributed by atoms with Crippen molar-refractivity contribution in [3.8, 4) is 0 Å². The Morgan fingerprint density at radius 1 is 0.750 bits per heavy atom. The topological polar surface area (TPSA) is 114 Å². The van der Waals surface area contributed by atoms with Gasteiger partial charge in [-0.2, -0.15) is 16.8 Å². The van der Waals surface area contributed by atoms with Gasteiger partial charge in [0.1, 0.15) is 23.9 Å². The number of ether oxygens (including phenoxy) is 3. The third-order valence-electron chi connectivity index (χ3n) is 6.34. The molecule has 9 nitrogen and oxygen atoms in total. The third-order valence-corrected chi connectivity index (χ3v) is 7.50. The molecule has 0 spiro atoms. The molecule has 0 unspecified atom stereocenters. The van der Waals surface area contributed by atoms with Gasteiger partial charge in [0.2, 0.25) is 0 Å². The van der Waals surface area contributed by atoms with E-state index < -0.39 is 56.5 Å². The number of hydrogen-bond donors (Lipinski definition) is 0. The Morgan fingerprint density at radius 3 is 1.60 bits per heavy atom. The summed E-state index contributed by atoms with van der Waals surface area (Å²) in [6, 6.07) is 28.7. The van der Waals surface area contributed by atoms with Gasteiger partial charge in [0, 0.05) is 0 Å². The van der Waals surface area contributed by atoms with Crippen molar-refractivity contribution in [3.63, 3.8) is 0 Å². The van der Waals surface area contributed by atoms with Crippen molar-refractivity contribution < 1.29 is 39.4 Å². The summed E-state index contributed by atoms with van der Waals surface area (Å²) in [4.78, 5) is 0. The van der Waals surface area contributed by atoms with Gasteiger partial charge in [-0.05, 0) is 30.5 Å². The molecule has 1 saturated heterocycles. The van der Waals surface area contributed by atoms with Crippen LogP contribution >= 0.6 is 0 Å². The summed E-state index contributed by atoms with van der Waals surface area (Å²) >= 11 is 0. The van der Waals surface area contributed by atoms with Crippen LogP contribution in [0.3, 0.4) is 0 Å². The fourth-order valence-electron chi connectivity index (χ4n) is 4.88. The molecule has 0 aromatic heterocycles. The summed E-state index contributed by atoms with van der Waals surface area (Å²) in [5, 5.41) is 0. The molecule has 40 heavy (non-hydrogen) atoms. The van der Waals surface area contributed by atoms with E-state index in [2.05, 4.69) is 0 Å². The van der Waals surface area contributed by atoms with Crippen LogP contribution in [-0.2, 0) is 48.4 Å². The van der Waals surface area contributed by atoms with Gasteiger partial charge in [0.05, 0.1) is 25.7 Å². The van der Waals surface area contributed by atoms with Crippen LogP contribution < -0.4 is 0 Å². The van der Waals surface area contributed by atoms with Crippen molar-refractivity contribution in [2.75, 3.05) is 25.7 Å². The van der Waals surface area contributed by atoms with E-state index in [1.165, 1.54) is 0 Å². The van der Waals surface area contributed by atoms with E-state index in [-0.39, 0.29) is 6.61 Å². The highest BCUT2D eigenvalue weighted by Gasteiger charge is 2.48. The second-order valence-electron chi connectivity index (χ2n) is 10.1. The molecule has 3 aromatic rings. The molecule has 4 rings (SSSR count). The molecule has 1 aliphatic rings. The summed E-state index contributed by atoms with van der Waals surface area (Å²) in [6.45, 7) is 2.63. The van der Waals surface area contributed by atoms with Crippen LogP contribution in [0.5, 0.6) is 0 Å². The molecule has 0 amide bonds. The molecule has 11 heteroatoms. The predicted molar refractivity (Wildman–Crippen MR) is 149 cm³/mol. The second-order valence-corrected chi connectivity index (χ2v) is 13.3. The number of hydrogen-bond acceptors (Lipinski definition) is 9. The number of benzene rings is 3. The average molecular weight is 591 g/mol. The zero-order valence-corrected chi connectivity index (χ0v) is 24.4. The molecule has 216 valence electrons. The van der Waals surface area contributed by atoms with Gasteiger partial charge in [-0.1, -0.05) is 91.0 Å². The van der Waals surface area contributed by atoms with Gasteiger partial charge >= 0.3 is 0 Å². The maximum Gasteiger partial charge on any atom is 0.264 e. The highest BCUT2D eigenvalue weighted by Crippen LogP contribution is 2.41. The van der Waals surface area contributed by atoms with E-state index in [4.69, 9.17) is 22.6 Å². The first-order valence-electron chi connectivity index (χ1n) is 12.7. The van der Waals surface area contributed by atoms with Gasteiger partial charge in [-0.15, -0.1) is 0 Å². The van der Waals surface area contributed by atoms with E-state index in [0.29, 0.717) is 0 Å².